The zero-order valence-corrected chi connectivity index (χ0v) is 19.8. The van der Waals surface area contributed by atoms with Crippen LogP contribution in [0.2, 0.25) is 5.02 Å². The van der Waals surface area contributed by atoms with Crippen molar-refractivity contribution in [2.45, 2.75) is 31.9 Å². The van der Waals surface area contributed by atoms with Gasteiger partial charge in [-0.25, -0.2) is 18.8 Å². The molecule has 4 rings (SSSR count). The lowest BCUT2D eigenvalue weighted by Gasteiger charge is -2.33. The van der Waals surface area contributed by atoms with Gasteiger partial charge in [-0.05, 0) is 25.1 Å². The van der Waals surface area contributed by atoms with Crippen molar-refractivity contribution >= 4 is 23.3 Å². The first-order chi connectivity index (χ1) is 16.7. The number of nitrogens with one attached hydrogen (secondary N) is 2. The Morgan fingerprint density at radius 2 is 2.17 bits per heavy atom. The molecular weight excluding hydrogens is 476 g/mol. The minimum absolute atomic E-state index is 0.0130. The second-order valence-electron chi connectivity index (χ2n) is 8.12. The van der Waals surface area contributed by atoms with Crippen LogP contribution in [0.15, 0.2) is 73.0 Å². The van der Waals surface area contributed by atoms with Crippen molar-refractivity contribution in [1.29, 1.82) is 0 Å². The van der Waals surface area contributed by atoms with Crippen LogP contribution < -0.4 is 0 Å². The summed E-state index contributed by atoms with van der Waals surface area (Å²) in [5.74, 6) is -3.35. The number of aromatic amines is 2. The van der Waals surface area contributed by atoms with E-state index in [2.05, 4.69) is 38.1 Å². The Balaban J connectivity index is 1.75. The first-order valence-electron chi connectivity index (χ1n) is 10.8. The van der Waals surface area contributed by atoms with Gasteiger partial charge in [-0.2, -0.15) is 0 Å². The molecule has 35 heavy (non-hydrogen) atoms. The van der Waals surface area contributed by atoms with Gasteiger partial charge in [-0.1, -0.05) is 30.8 Å². The number of halogens is 3. The van der Waals surface area contributed by atoms with E-state index in [1.165, 1.54) is 28.5 Å². The lowest BCUT2D eigenvalue weighted by molar-refractivity contribution is 0.0165. The SMILES string of the molecule is C=CN=C(c1nc[nH]c1C)N1CC(F)(F)C[C@H]1C(=C)N(Cc1ccccn1)C(=O)c1[nH]ccc1Cl. The average molecular weight is 500 g/mol. The molecule has 1 saturated heterocycles. The van der Waals surface area contributed by atoms with Crippen molar-refractivity contribution < 1.29 is 13.6 Å². The van der Waals surface area contributed by atoms with Gasteiger partial charge >= 0.3 is 0 Å². The topological polar surface area (TPSA) is 93.3 Å². The number of hydrogen-bond acceptors (Lipinski definition) is 4. The number of carbonyl (C=O) groups is 1. The van der Waals surface area contributed by atoms with E-state index in [4.69, 9.17) is 11.6 Å². The third-order valence-electron chi connectivity index (χ3n) is 5.73. The first kappa shape index (κ1) is 24.3. The fraction of sp³-hybridized carbons (Fsp3) is 0.250. The second kappa shape index (κ2) is 9.83. The number of rotatable bonds is 7. The molecule has 1 aliphatic heterocycles. The van der Waals surface area contributed by atoms with E-state index >= 15 is 0 Å². The standard InChI is InChI=1S/C24H24ClF2N7O/c1-4-28-22(20-15(2)31-14-32-20)34-13-24(26,27)11-19(34)16(3)33(12-17-7-5-6-9-29-17)23(35)21-18(25)8-10-30-21/h4-10,14,19,30H,1,3,11-13H2,2H3,(H,31,32)/t19-/m0/s1. The molecule has 1 atom stereocenters. The summed E-state index contributed by atoms with van der Waals surface area (Å²) in [7, 11) is 0. The smallest absolute Gasteiger partial charge is 0.276 e. The van der Waals surface area contributed by atoms with E-state index in [0.717, 1.165) is 0 Å². The summed E-state index contributed by atoms with van der Waals surface area (Å²) in [5, 5.41) is 0.212. The number of alkyl halides is 2. The maximum atomic E-state index is 14.8. The van der Waals surface area contributed by atoms with Crippen molar-refractivity contribution in [1.82, 2.24) is 29.7 Å². The van der Waals surface area contributed by atoms with Crippen LogP contribution in [-0.4, -0.2) is 60.0 Å². The molecule has 11 heteroatoms. The van der Waals surface area contributed by atoms with Gasteiger partial charge in [0.25, 0.3) is 11.8 Å². The molecule has 0 aliphatic carbocycles. The number of amides is 1. The average Bonchev–Trinajstić information content (AvgIpc) is 3.54. The van der Waals surface area contributed by atoms with Gasteiger partial charge < -0.3 is 19.8 Å². The third kappa shape index (κ3) is 5.02. The number of likely N-dealkylation sites (tertiary alicyclic amines) is 1. The number of hydrogen-bond donors (Lipinski definition) is 2. The van der Waals surface area contributed by atoms with Crippen LogP contribution >= 0.6 is 11.6 Å². The summed E-state index contributed by atoms with van der Waals surface area (Å²) in [6.45, 7) is 8.88. The number of aliphatic imine (C=N–C) groups is 1. The van der Waals surface area contributed by atoms with Crippen molar-refractivity contribution in [3.05, 3.63) is 95.8 Å². The third-order valence-corrected chi connectivity index (χ3v) is 6.04. The van der Waals surface area contributed by atoms with E-state index in [0.29, 0.717) is 17.1 Å². The molecule has 0 aromatic carbocycles. The summed E-state index contributed by atoms with van der Waals surface area (Å²) >= 11 is 6.20. The number of carbonyl (C=O) groups excluding carboxylic acids is 1. The van der Waals surface area contributed by atoms with Gasteiger partial charge in [0.2, 0.25) is 0 Å². The Morgan fingerprint density at radius 3 is 2.77 bits per heavy atom. The van der Waals surface area contributed by atoms with Crippen LogP contribution in [0, 0.1) is 6.92 Å². The van der Waals surface area contributed by atoms with Crippen LogP contribution in [0.4, 0.5) is 8.78 Å². The predicted molar refractivity (Wildman–Crippen MR) is 129 cm³/mol. The van der Waals surface area contributed by atoms with E-state index in [9.17, 15) is 13.6 Å². The molecule has 0 unspecified atom stereocenters. The van der Waals surface area contributed by atoms with E-state index in [1.54, 1.807) is 37.4 Å². The molecule has 0 saturated carbocycles. The fourth-order valence-electron chi connectivity index (χ4n) is 4.07. The van der Waals surface area contributed by atoms with Gasteiger partial charge in [0, 0.05) is 36.4 Å². The molecular formula is C24H24ClF2N7O. The van der Waals surface area contributed by atoms with Gasteiger partial charge in [-0.15, -0.1) is 0 Å². The lowest BCUT2D eigenvalue weighted by Crippen LogP contribution is -2.44. The molecule has 1 aliphatic rings. The van der Waals surface area contributed by atoms with Crippen LogP contribution in [-0.2, 0) is 6.54 Å². The minimum atomic E-state index is -3.05. The predicted octanol–water partition coefficient (Wildman–Crippen LogP) is 4.55. The maximum Gasteiger partial charge on any atom is 0.276 e. The molecule has 2 N–H and O–H groups in total. The summed E-state index contributed by atoms with van der Waals surface area (Å²) in [5.41, 5.74) is 1.92. The number of imidazole rings is 1. The normalized spacial score (nSPS) is 17.4. The second-order valence-corrected chi connectivity index (χ2v) is 8.53. The zero-order chi connectivity index (χ0) is 25.2. The Kier molecular flexibility index (Phi) is 6.83. The maximum absolute atomic E-state index is 14.8. The van der Waals surface area contributed by atoms with E-state index in [-0.39, 0.29) is 28.8 Å². The number of amidine groups is 1. The quantitative estimate of drug-likeness (QED) is 0.368. The van der Waals surface area contributed by atoms with E-state index < -0.39 is 30.8 Å². The summed E-state index contributed by atoms with van der Waals surface area (Å²) < 4.78 is 29.7. The molecule has 8 nitrogen and oxygen atoms in total. The molecule has 1 fully saturated rings. The van der Waals surface area contributed by atoms with Gasteiger partial charge in [0.05, 0.1) is 36.2 Å². The van der Waals surface area contributed by atoms with Crippen LogP contribution in [0.1, 0.15) is 34.0 Å². The van der Waals surface area contributed by atoms with Crippen LogP contribution in [0.5, 0.6) is 0 Å². The minimum Gasteiger partial charge on any atom is -0.356 e. The molecule has 3 aromatic rings. The zero-order valence-electron chi connectivity index (χ0n) is 19.0. The Bertz CT molecular complexity index is 1270. The van der Waals surface area contributed by atoms with Crippen molar-refractivity contribution in [2.24, 2.45) is 4.99 Å². The fourth-order valence-corrected chi connectivity index (χ4v) is 4.26. The van der Waals surface area contributed by atoms with Gasteiger partial charge in [-0.3, -0.25) is 9.78 Å². The molecule has 1 amide bonds. The molecule has 182 valence electrons. The molecule has 4 heterocycles. The molecule has 0 radical (unpaired) electrons. The molecule has 0 bridgehead atoms. The van der Waals surface area contributed by atoms with Crippen molar-refractivity contribution in [2.75, 3.05) is 6.54 Å². The molecule has 3 aromatic heterocycles. The number of aryl methyl sites for hydroxylation is 1. The Morgan fingerprint density at radius 1 is 1.37 bits per heavy atom. The first-order valence-corrected chi connectivity index (χ1v) is 11.2. The van der Waals surface area contributed by atoms with E-state index in [1.807, 2.05) is 0 Å². The Labute approximate surface area is 206 Å². The van der Waals surface area contributed by atoms with Gasteiger partial charge in [0.1, 0.15) is 11.4 Å². The van der Waals surface area contributed by atoms with Crippen LogP contribution in [0.25, 0.3) is 0 Å². The monoisotopic (exact) mass is 499 g/mol. The van der Waals surface area contributed by atoms with Gasteiger partial charge in [0.15, 0.2) is 5.84 Å². The summed E-state index contributed by atoms with van der Waals surface area (Å²) in [6.07, 6.45) is 5.30. The van der Waals surface area contributed by atoms with Crippen molar-refractivity contribution in [3.63, 3.8) is 0 Å². The van der Waals surface area contributed by atoms with Crippen LogP contribution in [0.3, 0.4) is 0 Å². The highest BCUT2D eigenvalue weighted by molar-refractivity contribution is 6.33. The molecule has 0 spiro atoms. The number of H-pyrrole nitrogens is 2. The summed E-state index contributed by atoms with van der Waals surface area (Å²) in [6, 6.07) is 5.85. The highest BCUT2D eigenvalue weighted by Crippen LogP contribution is 2.38. The Hall–Kier alpha value is -3.79. The number of nitrogens with zero attached hydrogens (tertiary/aromatic N) is 5. The summed E-state index contributed by atoms with van der Waals surface area (Å²) in [4.78, 5) is 34.8. The highest BCUT2D eigenvalue weighted by atomic mass is 35.5. The number of pyridine rings is 1. The largest absolute Gasteiger partial charge is 0.356 e. The number of aromatic nitrogens is 4. The highest BCUT2D eigenvalue weighted by Gasteiger charge is 2.49. The van der Waals surface area contributed by atoms with Crippen molar-refractivity contribution in [3.8, 4) is 0 Å². The lowest BCUT2D eigenvalue weighted by atomic mass is 10.1.